The van der Waals surface area contributed by atoms with Gasteiger partial charge in [0.05, 0.1) is 0 Å². The highest BCUT2D eigenvalue weighted by atomic mass is 35.5. The Morgan fingerprint density at radius 3 is 2.52 bits per heavy atom. The molecule has 0 spiro atoms. The van der Waals surface area contributed by atoms with Crippen LogP contribution >= 0.6 is 12.4 Å². The molecule has 1 aliphatic rings. The Bertz CT molecular complexity index is 559. The summed E-state index contributed by atoms with van der Waals surface area (Å²) in [6.45, 7) is 2.27. The van der Waals surface area contributed by atoms with E-state index in [9.17, 15) is 14.4 Å². The highest BCUT2D eigenvalue weighted by Gasteiger charge is 2.28. The van der Waals surface area contributed by atoms with E-state index in [2.05, 4.69) is 5.32 Å². The first-order valence-corrected chi connectivity index (χ1v) is 6.46. The number of amides is 3. The third-order valence-corrected chi connectivity index (χ3v) is 3.28. The summed E-state index contributed by atoms with van der Waals surface area (Å²) in [6, 6.07) is 5.11. The molecule has 0 unspecified atom stereocenters. The van der Waals surface area contributed by atoms with Crippen LogP contribution in [0, 0.1) is 6.92 Å². The molecule has 114 valence electrons. The van der Waals surface area contributed by atoms with Crippen LogP contribution in [0.15, 0.2) is 18.2 Å². The third-order valence-electron chi connectivity index (χ3n) is 3.28. The molecule has 0 aromatic heterocycles. The summed E-state index contributed by atoms with van der Waals surface area (Å²) in [4.78, 5) is 36.0. The topological polar surface area (TPSA) is 92.5 Å². The number of hydrogen-bond acceptors (Lipinski definition) is 4. The lowest BCUT2D eigenvalue weighted by atomic mass is 10.1. The van der Waals surface area contributed by atoms with Gasteiger partial charge in [0.25, 0.3) is 5.91 Å². The summed E-state index contributed by atoms with van der Waals surface area (Å²) < 4.78 is 0. The predicted molar refractivity (Wildman–Crippen MR) is 81.1 cm³/mol. The summed E-state index contributed by atoms with van der Waals surface area (Å²) in [5.41, 5.74) is 7.50. The molecule has 2 rings (SSSR count). The van der Waals surface area contributed by atoms with Gasteiger partial charge >= 0.3 is 0 Å². The second-order valence-corrected chi connectivity index (χ2v) is 4.77. The minimum absolute atomic E-state index is 0. The maximum Gasteiger partial charge on any atom is 0.251 e. The van der Waals surface area contributed by atoms with Crippen LogP contribution in [-0.4, -0.2) is 35.7 Å². The average Bonchev–Trinajstić information content (AvgIpc) is 2.73. The van der Waals surface area contributed by atoms with E-state index in [1.54, 1.807) is 18.2 Å². The molecule has 0 atom stereocenters. The van der Waals surface area contributed by atoms with Crippen LogP contribution < -0.4 is 11.1 Å². The number of imide groups is 1. The van der Waals surface area contributed by atoms with Crippen molar-refractivity contribution in [1.29, 1.82) is 0 Å². The number of nitrogens with one attached hydrogen (secondary N) is 1. The maximum absolute atomic E-state index is 12.0. The van der Waals surface area contributed by atoms with Crippen LogP contribution in [0.25, 0.3) is 0 Å². The monoisotopic (exact) mass is 311 g/mol. The number of rotatable bonds is 4. The summed E-state index contributed by atoms with van der Waals surface area (Å²) in [6.07, 6.45) is 0.530. The van der Waals surface area contributed by atoms with Crippen molar-refractivity contribution in [2.75, 3.05) is 18.8 Å². The van der Waals surface area contributed by atoms with Crippen LogP contribution in [0.2, 0.25) is 0 Å². The van der Waals surface area contributed by atoms with E-state index in [0.29, 0.717) is 11.3 Å². The molecule has 21 heavy (non-hydrogen) atoms. The zero-order valence-electron chi connectivity index (χ0n) is 11.7. The van der Waals surface area contributed by atoms with Crippen molar-refractivity contribution in [2.24, 2.45) is 0 Å². The van der Waals surface area contributed by atoms with E-state index in [4.69, 9.17) is 5.73 Å². The lowest BCUT2D eigenvalue weighted by Crippen LogP contribution is -2.37. The van der Waals surface area contributed by atoms with Gasteiger partial charge in [0, 0.05) is 37.2 Å². The number of benzene rings is 1. The Labute approximate surface area is 129 Å². The molecule has 1 heterocycles. The fraction of sp³-hybridized carbons (Fsp3) is 0.357. The summed E-state index contributed by atoms with van der Waals surface area (Å²) in [5.74, 6) is -0.609. The van der Waals surface area contributed by atoms with Gasteiger partial charge in [-0.1, -0.05) is 6.07 Å². The van der Waals surface area contributed by atoms with Gasteiger partial charge in [-0.2, -0.15) is 0 Å². The number of nitrogens with two attached hydrogens (primary N) is 1. The molecule has 0 bridgehead atoms. The van der Waals surface area contributed by atoms with E-state index in [1.165, 1.54) is 4.90 Å². The van der Waals surface area contributed by atoms with Crippen molar-refractivity contribution in [2.45, 2.75) is 19.8 Å². The van der Waals surface area contributed by atoms with Crippen molar-refractivity contribution in [3.8, 4) is 0 Å². The number of nitrogens with zero attached hydrogens (tertiary/aromatic N) is 1. The number of aryl methyl sites for hydroxylation is 1. The molecule has 0 aliphatic carbocycles. The lowest BCUT2D eigenvalue weighted by Gasteiger charge is -2.14. The van der Waals surface area contributed by atoms with Gasteiger partial charge in [-0.3, -0.25) is 19.3 Å². The van der Waals surface area contributed by atoms with Gasteiger partial charge in [-0.05, 0) is 24.6 Å². The number of likely N-dealkylation sites (tertiary alicyclic amines) is 1. The molecule has 3 amide bonds. The minimum atomic E-state index is -0.256. The lowest BCUT2D eigenvalue weighted by molar-refractivity contribution is -0.138. The van der Waals surface area contributed by atoms with E-state index in [0.717, 1.165) is 5.56 Å². The maximum atomic E-state index is 12.0. The number of carbonyl (C=O) groups excluding carboxylic acids is 3. The highest BCUT2D eigenvalue weighted by Crippen LogP contribution is 2.13. The van der Waals surface area contributed by atoms with Gasteiger partial charge < -0.3 is 11.1 Å². The van der Waals surface area contributed by atoms with Gasteiger partial charge in [0.2, 0.25) is 11.8 Å². The molecule has 1 saturated heterocycles. The molecule has 7 heteroatoms. The van der Waals surface area contributed by atoms with Gasteiger partial charge in [0.15, 0.2) is 0 Å². The fourth-order valence-electron chi connectivity index (χ4n) is 2.13. The number of halogens is 1. The standard InChI is InChI=1S/C14H17N3O3.ClH/c1-9-2-3-10(15)8-11(9)14(20)16-6-7-17-12(18)4-5-13(17)19;/h2-3,8H,4-7,15H2,1H3,(H,16,20);1H. The SMILES string of the molecule is Cc1ccc(N)cc1C(=O)NCCN1C(=O)CCC1=O.Cl. The molecular weight excluding hydrogens is 294 g/mol. The van der Waals surface area contributed by atoms with E-state index < -0.39 is 0 Å². The molecule has 0 saturated carbocycles. The normalized spacial score (nSPS) is 14.0. The average molecular weight is 312 g/mol. The van der Waals surface area contributed by atoms with Crippen molar-refractivity contribution in [3.63, 3.8) is 0 Å². The minimum Gasteiger partial charge on any atom is -0.399 e. The zero-order valence-corrected chi connectivity index (χ0v) is 12.5. The molecule has 1 fully saturated rings. The van der Waals surface area contributed by atoms with Crippen LogP contribution in [0.3, 0.4) is 0 Å². The first-order chi connectivity index (χ1) is 9.49. The van der Waals surface area contributed by atoms with Crippen LogP contribution in [0.1, 0.15) is 28.8 Å². The number of anilines is 1. The van der Waals surface area contributed by atoms with Crippen LogP contribution in [0.5, 0.6) is 0 Å². The molecule has 1 aromatic rings. The first-order valence-electron chi connectivity index (χ1n) is 6.46. The van der Waals surface area contributed by atoms with Gasteiger partial charge in [0.1, 0.15) is 0 Å². The Morgan fingerprint density at radius 2 is 1.90 bits per heavy atom. The molecule has 3 N–H and O–H groups in total. The zero-order chi connectivity index (χ0) is 14.7. The summed E-state index contributed by atoms with van der Waals surface area (Å²) in [5, 5.41) is 2.69. The number of hydrogen-bond donors (Lipinski definition) is 2. The van der Waals surface area contributed by atoms with Crippen molar-refractivity contribution in [1.82, 2.24) is 10.2 Å². The Hall–Kier alpha value is -2.08. The van der Waals surface area contributed by atoms with Crippen LogP contribution in [-0.2, 0) is 9.59 Å². The molecule has 6 nitrogen and oxygen atoms in total. The van der Waals surface area contributed by atoms with E-state index in [-0.39, 0.29) is 56.1 Å². The second kappa shape index (κ2) is 7.08. The largest absolute Gasteiger partial charge is 0.399 e. The highest BCUT2D eigenvalue weighted by molar-refractivity contribution is 6.02. The predicted octanol–water partition coefficient (Wildman–Crippen LogP) is 0.878. The van der Waals surface area contributed by atoms with Gasteiger partial charge in [-0.15, -0.1) is 12.4 Å². The molecule has 1 aliphatic heterocycles. The van der Waals surface area contributed by atoms with Crippen molar-refractivity contribution in [3.05, 3.63) is 29.3 Å². The molecule has 0 radical (unpaired) electrons. The van der Waals surface area contributed by atoms with E-state index >= 15 is 0 Å². The van der Waals surface area contributed by atoms with E-state index in [1.807, 2.05) is 6.92 Å². The Balaban J connectivity index is 0.00000220. The third kappa shape index (κ3) is 3.95. The molecule has 1 aromatic carbocycles. The summed E-state index contributed by atoms with van der Waals surface area (Å²) >= 11 is 0. The smallest absolute Gasteiger partial charge is 0.251 e. The van der Waals surface area contributed by atoms with Crippen LogP contribution in [0.4, 0.5) is 5.69 Å². The summed E-state index contributed by atoms with van der Waals surface area (Å²) in [7, 11) is 0. The van der Waals surface area contributed by atoms with Gasteiger partial charge in [-0.25, -0.2) is 0 Å². The Kier molecular flexibility index (Phi) is 5.72. The first kappa shape index (κ1) is 17.0. The number of nitrogen functional groups attached to an aromatic ring is 1. The molecular formula is C14H18ClN3O3. The fourth-order valence-corrected chi connectivity index (χ4v) is 2.13. The second-order valence-electron chi connectivity index (χ2n) is 4.77. The Morgan fingerprint density at radius 1 is 1.29 bits per heavy atom. The van der Waals surface area contributed by atoms with Crippen molar-refractivity contribution < 1.29 is 14.4 Å². The van der Waals surface area contributed by atoms with Crippen molar-refractivity contribution >= 4 is 35.8 Å². The number of carbonyl (C=O) groups is 3. The quantitative estimate of drug-likeness (QED) is 0.637.